The molecule has 0 radical (unpaired) electrons. The second kappa shape index (κ2) is 8.43. The molecule has 2 amide bonds. The SMILES string of the molecule is Cc1cccc(CNC(=O)[C@@H]2[C@H](N=[N+]=[N-])[C@@H](F)CN2C(=O)OC(C)(C)C)c1F. The van der Waals surface area contributed by atoms with Gasteiger partial charge < -0.3 is 10.1 Å². The fraction of sp³-hybridized carbons (Fsp3) is 0.556. The average Bonchev–Trinajstić information content (AvgIpc) is 2.92. The molecule has 1 saturated heterocycles. The summed E-state index contributed by atoms with van der Waals surface area (Å²) in [6.07, 6.45) is -2.62. The van der Waals surface area contributed by atoms with Gasteiger partial charge in [-0.05, 0) is 38.8 Å². The Morgan fingerprint density at radius 3 is 2.71 bits per heavy atom. The molecule has 1 aliphatic rings. The lowest BCUT2D eigenvalue weighted by atomic mass is 10.1. The van der Waals surface area contributed by atoms with E-state index in [4.69, 9.17) is 10.3 Å². The molecule has 0 unspecified atom stereocenters. The second-order valence-corrected chi connectivity index (χ2v) is 7.55. The fourth-order valence-corrected chi connectivity index (χ4v) is 2.92. The van der Waals surface area contributed by atoms with Gasteiger partial charge in [0.1, 0.15) is 23.6 Å². The molecule has 3 atom stereocenters. The van der Waals surface area contributed by atoms with Crippen LogP contribution < -0.4 is 5.32 Å². The van der Waals surface area contributed by atoms with Gasteiger partial charge in [-0.15, -0.1) is 0 Å². The number of nitrogens with one attached hydrogen (secondary N) is 1. The number of likely N-dealkylation sites (tertiary alicyclic amines) is 1. The molecule has 1 N–H and O–H groups in total. The molecule has 1 heterocycles. The summed E-state index contributed by atoms with van der Waals surface area (Å²) in [6, 6.07) is 1.94. The summed E-state index contributed by atoms with van der Waals surface area (Å²) in [5.74, 6) is -1.22. The lowest BCUT2D eigenvalue weighted by Gasteiger charge is -2.28. The van der Waals surface area contributed by atoms with Crippen LogP contribution in [0.25, 0.3) is 10.4 Å². The molecule has 0 aliphatic carbocycles. The summed E-state index contributed by atoms with van der Waals surface area (Å²) in [7, 11) is 0. The number of carbonyl (C=O) groups is 2. The molecule has 8 nitrogen and oxygen atoms in total. The van der Waals surface area contributed by atoms with Crippen molar-refractivity contribution in [2.24, 2.45) is 5.11 Å². The zero-order chi connectivity index (χ0) is 21.1. The molecule has 1 aromatic carbocycles. The number of ether oxygens (including phenoxy) is 1. The molecule has 1 aliphatic heterocycles. The minimum Gasteiger partial charge on any atom is -0.444 e. The number of alkyl halides is 1. The Kier molecular flexibility index (Phi) is 6.45. The molecule has 1 fully saturated rings. The van der Waals surface area contributed by atoms with Crippen LogP contribution in [0.2, 0.25) is 0 Å². The smallest absolute Gasteiger partial charge is 0.411 e. The minimum absolute atomic E-state index is 0.162. The summed E-state index contributed by atoms with van der Waals surface area (Å²) in [6.45, 7) is 5.88. The quantitative estimate of drug-likeness (QED) is 0.480. The van der Waals surface area contributed by atoms with Crippen molar-refractivity contribution in [2.45, 2.75) is 58.1 Å². The van der Waals surface area contributed by atoms with Crippen molar-refractivity contribution in [1.82, 2.24) is 10.2 Å². The number of carbonyl (C=O) groups excluding carboxylic acids is 2. The molecule has 0 spiro atoms. The lowest BCUT2D eigenvalue weighted by Crippen LogP contribution is -2.50. The Morgan fingerprint density at radius 2 is 2.11 bits per heavy atom. The van der Waals surface area contributed by atoms with Crippen molar-refractivity contribution >= 4 is 12.0 Å². The molecule has 0 aromatic heterocycles. The Labute approximate surface area is 161 Å². The van der Waals surface area contributed by atoms with Crippen LogP contribution in [0.5, 0.6) is 0 Å². The molecule has 0 bridgehead atoms. The van der Waals surface area contributed by atoms with Crippen LogP contribution in [0, 0.1) is 12.7 Å². The van der Waals surface area contributed by atoms with Crippen molar-refractivity contribution in [3.8, 4) is 0 Å². The summed E-state index contributed by atoms with van der Waals surface area (Å²) in [5.41, 5.74) is 8.51. The van der Waals surface area contributed by atoms with E-state index in [0.717, 1.165) is 4.90 Å². The first-order valence-corrected chi connectivity index (χ1v) is 8.74. The zero-order valence-electron chi connectivity index (χ0n) is 16.1. The molecule has 10 heteroatoms. The highest BCUT2D eigenvalue weighted by Gasteiger charge is 2.49. The lowest BCUT2D eigenvalue weighted by molar-refractivity contribution is -0.126. The third-order valence-electron chi connectivity index (χ3n) is 4.21. The van der Waals surface area contributed by atoms with Gasteiger partial charge >= 0.3 is 6.09 Å². The van der Waals surface area contributed by atoms with Gasteiger partial charge in [-0.1, -0.05) is 23.3 Å². The maximum atomic E-state index is 14.4. The van der Waals surface area contributed by atoms with Crippen LogP contribution in [0.15, 0.2) is 23.3 Å². The molecule has 0 saturated carbocycles. The third-order valence-corrected chi connectivity index (χ3v) is 4.21. The van der Waals surface area contributed by atoms with E-state index in [-0.39, 0.29) is 12.1 Å². The van der Waals surface area contributed by atoms with Gasteiger partial charge in [-0.3, -0.25) is 9.69 Å². The van der Waals surface area contributed by atoms with Crippen LogP contribution in [0.4, 0.5) is 13.6 Å². The van der Waals surface area contributed by atoms with Crippen LogP contribution >= 0.6 is 0 Å². The number of aryl methyl sites for hydroxylation is 1. The maximum absolute atomic E-state index is 14.4. The number of hydrogen-bond acceptors (Lipinski definition) is 4. The first-order valence-electron chi connectivity index (χ1n) is 8.74. The average molecular weight is 395 g/mol. The molecule has 28 heavy (non-hydrogen) atoms. The van der Waals surface area contributed by atoms with E-state index >= 15 is 0 Å². The number of halogens is 2. The van der Waals surface area contributed by atoms with E-state index in [1.54, 1.807) is 39.8 Å². The molecular formula is C18H23F2N5O3. The number of amides is 2. The Bertz CT molecular complexity index is 805. The zero-order valence-corrected chi connectivity index (χ0v) is 16.1. The second-order valence-electron chi connectivity index (χ2n) is 7.55. The van der Waals surface area contributed by atoms with Crippen LogP contribution in [-0.2, 0) is 16.1 Å². The van der Waals surface area contributed by atoms with Crippen LogP contribution in [0.3, 0.4) is 0 Å². The van der Waals surface area contributed by atoms with E-state index < -0.39 is 48.2 Å². The molecule has 152 valence electrons. The van der Waals surface area contributed by atoms with E-state index in [1.165, 1.54) is 6.07 Å². The summed E-state index contributed by atoms with van der Waals surface area (Å²) in [4.78, 5) is 28.6. The normalized spacial score (nSPS) is 21.8. The topological polar surface area (TPSA) is 107 Å². The van der Waals surface area contributed by atoms with Crippen molar-refractivity contribution in [2.75, 3.05) is 6.54 Å². The minimum atomic E-state index is -1.73. The summed E-state index contributed by atoms with van der Waals surface area (Å²) < 4.78 is 33.7. The fourth-order valence-electron chi connectivity index (χ4n) is 2.92. The molecule has 1 aromatic rings. The largest absolute Gasteiger partial charge is 0.444 e. The summed E-state index contributed by atoms with van der Waals surface area (Å²) >= 11 is 0. The van der Waals surface area contributed by atoms with E-state index in [9.17, 15) is 18.4 Å². The highest BCUT2D eigenvalue weighted by Crippen LogP contribution is 2.27. The van der Waals surface area contributed by atoms with Gasteiger partial charge in [0.05, 0.1) is 12.6 Å². The van der Waals surface area contributed by atoms with Crippen molar-refractivity contribution in [3.63, 3.8) is 0 Å². The van der Waals surface area contributed by atoms with Crippen molar-refractivity contribution in [1.29, 1.82) is 0 Å². The van der Waals surface area contributed by atoms with E-state index in [2.05, 4.69) is 15.3 Å². The highest BCUT2D eigenvalue weighted by atomic mass is 19.1. The van der Waals surface area contributed by atoms with Crippen LogP contribution in [0.1, 0.15) is 31.9 Å². The number of azide groups is 1. The summed E-state index contributed by atoms with van der Waals surface area (Å²) in [5, 5.41) is 5.83. The first-order chi connectivity index (χ1) is 13.0. The van der Waals surface area contributed by atoms with Gasteiger partial charge in [-0.25, -0.2) is 13.6 Å². The maximum Gasteiger partial charge on any atom is 0.411 e. The number of benzene rings is 1. The van der Waals surface area contributed by atoms with Gasteiger partial charge in [0.25, 0.3) is 0 Å². The highest BCUT2D eigenvalue weighted by molar-refractivity contribution is 5.87. The Morgan fingerprint density at radius 1 is 1.43 bits per heavy atom. The van der Waals surface area contributed by atoms with Gasteiger partial charge in [0.2, 0.25) is 5.91 Å². The van der Waals surface area contributed by atoms with Crippen molar-refractivity contribution in [3.05, 3.63) is 45.6 Å². The Hall–Kier alpha value is -2.87. The van der Waals surface area contributed by atoms with Crippen molar-refractivity contribution < 1.29 is 23.1 Å². The van der Waals surface area contributed by atoms with Gasteiger partial charge in [-0.2, -0.15) is 0 Å². The first kappa shape index (κ1) is 21.4. The Balaban J connectivity index is 2.22. The monoisotopic (exact) mass is 395 g/mol. The molecule has 2 rings (SSSR count). The van der Waals surface area contributed by atoms with E-state index in [1.807, 2.05) is 0 Å². The molecular weight excluding hydrogens is 372 g/mol. The van der Waals surface area contributed by atoms with E-state index in [0.29, 0.717) is 5.56 Å². The number of rotatable bonds is 4. The van der Waals surface area contributed by atoms with Crippen LogP contribution in [-0.4, -0.2) is 47.3 Å². The van der Waals surface area contributed by atoms with Gasteiger partial charge in [0.15, 0.2) is 0 Å². The number of nitrogens with zero attached hydrogens (tertiary/aromatic N) is 4. The number of hydrogen-bond donors (Lipinski definition) is 1. The third kappa shape index (κ3) is 4.89. The predicted molar refractivity (Wildman–Crippen MR) is 97.5 cm³/mol. The standard InChI is InChI=1S/C18H23F2N5O3/c1-10-6-5-7-11(13(10)20)8-22-16(26)15-14(23-24-21)12(19)9-25(15)17(27)28-18(2,3)4/h5-7,12,14-15H,8-9H2,1-4H3,(H,22,26)/t12-,14+,15-/m0/s1. The predicted octanol–water partition coefficient (Wildman–Crippen LogP) is 3.39. The van der Waals surface area contributed by atoms with Gasteiger partial charge in [0, 0.05) is 17.0 Å².